The van der Waals surface area contributed by atoms with Crippen LogP contribution in [0.4, 0.5) is 0 Å². The summed E-state index contributed by atoms with van der Waals surface area (Å²) < 4.78 is 47.4. The summed E-state index contributed by atoms with van der Waals surface area (Å²) in [6, 6.07) is 1.95. The van der Waals surface area contributed by atoms with Crippen molar-refractivity contribution in [2.45, 2.75) is 129 Å². The van der Waals surface area contributed by atoms with Crippen LogP contribution in [0.2, 0.25) is 64.0 Å². The van der Waals surface area contributed by atoms with Gasteiger partial charge in [0.25, 0.3) is 0 Å². The highest BCUT2D eigenvalue weighted by Crippen LogP contribution is 2.30. The number of carboxylic acid groups (broad SMARTS) is 2. The lowest BCUT2D eigenvalue weighted by Gasteiger charge is -2.42. The highest BCUT2D eigenvalue weighted by molar-refractivity contribution is 6.89. The van der Waals surface area contributed by atoms with Crippen molar-refractivity contribution < 1.29 is 75.0 Å². The van der Waals surface area contributed by atoms with Crippen molar-refractivity contribution in [3.05, 3.63) is 24.3 Å². The van der Waals surface area contributed by atoms with E-state index in [0.29, 0.717) is 42.5 Å². The summed E-state index contributed by atoms with van der Waals surface area (Å²) in [7, 11) is -10.4. The molecule has 0 fully saturated rings. The molecule has 0 aliphatic rings. The second kappa shape index (κ2) is 25.3. The lowest BCUT2D eigenvalue weighted by Crippen LogP contribution is -2.57. The summed E-state index contributed by atoms with van der Waals surface area (Å²) in [6.45, 7) is 24.9. The summed E-state index contributed by atoms with van der Waals surface area (Å²) in [5.41, 5.74) is 0.671. The van der Waals surface area contributed by atoms with E-state index < -0.39 is 102 Å². The Labute approximate surface area is 329 Å². The Bertz CT molecular complexity index is 1320. The number of aliphatic carboxylic acids is 2. The highest BCUT2D eigenvalue weighted by Gasteiger charge is 2.45. The van der Waals surface area contributed by atoms with E-state index in [1.165, 1.54) is 0 Å². The highest BCUT2D eigenvalue weighted by atomic mass is 28.5. The zero-order valence-electron chi connectivity index (χ0n) is 34.2. The Morgan fingerprint density at radius 2 is 1.02 bits per heavy atom. The van der Waals surface area contributed by atoms with Gasteiger partial charge in [-0.3, -0.25) is 19.2 Å². The number of carbonyl (C=O) groups excluding carboxylic acids is 4. The zero-order valence-corrected chi connectivity index (χ0v) is 38.2. The maximum atomic E-state index is 12.2. The van der Waals surface area contributed by atoms with E-state index in [4.69, 9.17) is 46.2 Å². The molecule has 0 amide bonds. The third-order valence-corrected chi connectivity index (χ3v) is 23.7. The second-order valence-electron chi connectivity index (χ2n) is 15.2. The average molecular weight is 853 g/mol. The Hall–Kier alpha value is -2.99. The van der Waals surface area contributed by atoms with Crippen LogP contribution in [-0.4, -0.2) is 119 Å². The van der Waals surface area contributed by atoms with Crippen molar-refractivity contribution in [3.8, 4) is 0 Å². The van der Waals surface area contributed by atoms with Crippen molar-refractivity contribution in [1.82, 2.24) is 0 Å². The van der Waals surface area contributed by atoms with E-state index in [1.54, 1.807) is 13.8 Å². The van der Waals surface area contributed by atoms with Crippen LogP contribution in [0.15, 0.2) is 24.3 Å². The van der Waals surface area contributed by atoms with Gasteiger partial charge < -0.3 is 46.2 Å². The molecule has 55 heavy (non-hydrogen) atoms. The second-order valence-corrected chi connectivity index (χ2v) is 31.2. The molecule has 0 aliphatic carbocycles. The molecule has 0 aliphatic heterocycles. The lowest BCUT2D eigenvalue weighted by atomic mass is 10.3. The standard InChI is InChI=1S/C35H64O16Si4/c1-27(2)34(42)45-20-13-22-52(5,6)49-54(9,10)51-55(11,50-53(7,8)23-14-21-46-35(43)28(3)4)24-12-19-44-25-29(48-33(41)18-16-31(38)39)26-47-32(40)17-15-30(36)37/h29H,1,3,12-26H2,2,4-11H3,(H,36,37)(H,38,39). The monoisotopic (exact) mass is 852 g/mol. The largest absolute Gasteiger partial charge is 0.481 e. The zero-order chi connectivity index (χ0) is 42.5. The molecule has 0 heterocycles. The minimum absolute atomic E-state index is 0.168. The van der Waals surface area contributed by atoms with Gasteiger partial charge in [0.05, 0.1) is 45.5 Å². The van der Waals surface area contributed by atoms with E-state index in [9.17, 15) is 28.8 Å². The third-order valence-electron chi connectivity index (χ3n) is 7.52. The molecule has 0 bridgehead atoms. The molecule has 0 radical (unpaired) electrons. The Morgan fingerprint density at radius 3 is 1.49 bits per heavy atom. The van der Waals surface area contributed by atoms with Gasteiger partial charge in [0, 0.05) is 17.8 Å². The predicted molar refractivity (Wildman–Crippen MR) is 213 cm³/mol. The van der Waals surface area contributed by atoms with Crippen LogP contribution in [0.3, 0.4) is 0 Å². The lowest BCUT2D eigenvalue weighted by molar-refractivity contribution is -0.164. The molecule has 20 heteroatoms. The molecular formula is C35H64O16Si4. The summed E-state index contributed by atoms with van der Waals surface area (Å²) in [5, 5.41) is 17.7. The first-order chi connectivity index (χ1) is 25.3. The summed E-state index contributed by atoms with van der Waals surface area (Å²) >= 11 is 0. The van der Waals surface area contributed by atoms with E-state index >= 15 is 0 Å². The number of hydrogen-bond donors (Lipinski definition) is 2. The fourth-order valence-corrected chi connectivity index (χ4v) is 25.0. The molecule has 0 aromatic heterocycles. The van der Waals surface area contributed by atoms with Crippen molar-refractivity contribution in [2.75, 3.05) is 33.0 Å². The molecule has 16 nitrogen and oxygen atoms in total. The molecule has 0 spiro atoms. The first-order valence-electron chi connectivity index (χ1n) is 18.4. The van der Waals surface area contributed by atoms with Gasteiger partial charge in [-0.15, -0.1) is 0 Å². The number of carbonyl (C=O) groups is 6. The summed E-state index contributed by atoms with van der Waals surface area (Å²) in [6.07, 6.45) is -0.950. The van der Waals surface area contributed by atoms with Crippen molar-refractivity contribution in [2.24, 2.45) is 0 Å². The van der Waals surface area contributed by atoms with Gasteiger partial charge in [0.15, 0.2) is 22.7 Å². The van der Waals surface area contributed by atoms with Crippen LogP contribution < -0.4 is 0 Å². The quantitative estimate of drug-likeness (QED) is 0.0276. The number of hydrogen-bond acceptors (Lipinski definition) is 14. The van der Waals surface area contributed by atoms with Gasteiger partial charge in [0.2, 0.25) is 0 Å². The minimum atomic E-state index is -2.98. The van der Waals surface area contributed by atoms with Gasteiger partial charge in [-0.25, -0.2) is 9.59 Å². The Kier molecular flexibility index (Phi) is 23.9. The smallest absolute Gasteiger partial charge is 0.333 e. The van der Waals surface area contributed by atoms with Crippen LogP contribution in [-0.2, 0) is 64.8 Å². The summed E-state index contributed by atoms with van der Waals surface area (Å²) in [4.78, 5) is 69.6. The van der Waals surface area contributed by atoms with Gasteiger partial charge in [0.1, 0.15) is 6.61 Å². The molecule has 0 saturated heterocycles. The number of esters is 4. The SMILES string of the molecule is C=C(C)C(=O)OCCC[Si](C)(C)O[Si](C)(C)O[Si](C)(CCCOCC(COC(=O)CCC(=O)O)OC(=O)CCC(=O)O)O[Si](C)(C)CCCOC(=O)C(=C)C. The Morgan fingerprint density at radius 1 is 0.564 bits per heavy atom. The Balaban J connectivity index is 5.71. The van der Waals surface area contributed by atoms with Crippen molar-refractivity contribution >= 4 is 69.6 Å². The first-order valence-corrected chi connectivity index (χ1v) is 30.0. The van der Waals surface area contributed by atoms with Gasteiger partial charge in [-0.1, -0.05) is 13.2 Å². The first kappa shape index (κ1) is 52.0. The van der Waals surface area contributed by atoms with Gasteiger partial charge >= 0.3 is 52.9 Å². The van der Waals surface area contributed by atoms with Crippen LogP contribution in [0.1, 0.15) is 58.8 Å². The van der Waals surface area contributed by atoms with E-state index in [2.05, 4.69) is 39.3 Å². The van der Waals surface area contributed by atoms with Crippen LogP contribution in [0, 0.1) is 0 Å². The minimum Gasteiger partial charge on any atom is -0.481 e. The molecule has 2 atom stereocenters. The predicted octanol–water partition coefficient (Wildman–Crippen LogP) is 5.83. The normalized spacial score (nSPS) is 13.5. The average Bonchev–Trinajstić information content (AvgIpc) is 3.03. The summed E-state index contributed by atoms with van der Waals surface area (Å²) in [5.74, 6) is -4.82. The molecule has 0 aromatic carbocycles. The molecule has 0 aromatic rings. The number of rotatable bonds is 31. The number of ether oxygens (including phenoxy) is 5. The molecule has 316 valence electrons. The topological polar surface area (TPSA) is 217 Å². The molecule has 0 saturated carbocycles. The molecular weight excluding hydrogens is 789 g/mol. The van der Waals surface area contributed by atoms with Crippen molar-refractivity contribution in [1.29, 1.82) is 0 Å². The fourth-order valence-electron chi connectivity index (χ4n) is 5.33. The molecule has 2 N–H and O–H groups in total. The van der Waals surface area contributed by atoms with E-state index in [-0.39, 0.29) is 32.8 Å². The van der Waals surface area contributed by atoms with Gasteiger partial charge in [-0.05, 0) is 97.1 Å². The fraction of sp³-hybridized carbons (Fsp3) is 0.714. The number of carboxylic acids is 2. The van der Waals surface area contributed by atoms with Crippen LogP contribution in [0.25, 0.3) is 0 Å². The van der Waals surface area contributed by atoms with E-state index in [1.807, 2.05) is 19.6 Å². The third kappa shape index (κ3) is 27.3. The maximum Gasteiger partial charge on any atom is 0.333 e. The van der Waals surface area contributed by atoms with E-state index in [0.717, 1.165) is 6.04 Å². The molecule has 0 rings (SSSR count). The van der Waals surface area contributed by atoms with Gasteiger partial charge in [-0.2, -0.15) is 0 Å². The van der Waals surface area contributed by atoms with Crippen LogP contribution in [0.5, 0.6) is 0 Å². The van der Waals surface area contributed by atoms with Crippen molar-refractivity contribution in [3.63, 3.8) is 0 Å². The maximum absolute atomic E-state index is 12.2. The van der Waals surface area contributed by atoms with Crippen LogP contribution >= 0.6 is 0 Å². The molecule has 2 unspecified atom stereocenters.